The SMILES string of the molecule is O=C(c1ccc(COc2ccccc2Br)cc1)N1CCCNCC1. The van der Waals surface area contributed by atoms with Crippen molar-refractivity contribution in [3.05, 3.63) is 64.1 Å². The normalized spacial score (nSPS) is 15.0. The smallest absolute Gasteiger partial charge is 0.253 e. The molecule has 5 heteroatoms. The third kappa shape index (κ3) is 4.36. The topological polar surface area (TPSA) is 41.6 Å². The summed E-state index contributed by atoms with van der Waals surface area (Å²) in [6, 6.07) is 15.5. The third-order valence-corrected chi connectivity index (χ3v) is 4.71. The molecule has 1 N–H and O–H groups in total. The molecule has 0 spiro atoms. The van der Waals surface area contributed by atoms with E-state index in [0.717, 1.165) is 53.9 Å². The van der Waals surface area contributed by atoms with Gasteiger partial charge in [0.15, 0.2) is 0 Å². The molecule has 126 valence electrons. The Hall–Kier alpha value is -1.85. The fourth-order valence-electron chi connectivity index (χ4n) is 2.70. The molecule has 1 saturated heterocycles. The van der Waals surface area contributed by atoms with Crippen LogP contribution in [0.5, 0.6) is 5.75 Å². The molecular formula is C19H21BrN2O2. The summed E-state index contributed by atoms with van der Waals surface area (Å²) in [5.41, 5.74) is 1.78. The van der Waals surface area contributed by atoms with Crippen LogP contribution in [-0.4, -0.2) is 37.0 Å². The van der Waals surface area contributed by atoms with Gasteiger partial charge in [0.1, 0.15) is 12.4 Å². The van der Waals surface area contributed by atoms with E-state index in [1.807, 2.05) is 53.4 Å². The van der Waals surface area contributed by atoms with Crippen LogP contribution in [0.2, 0.25) is 0 Å². The van der Waals surface area contributed by atoms with Crippen molar-refractivity contribution >= 4 is 21.8 Å². The van der Waals surface area contributed by atoms with Gasteiger partial charge >= 0.3 is 0 Å². The lowest BCUT2D eigenvalue weighted by atomic mass is 10.1. The number of hydrogen-bond acceptors (Lipinski definition) is 3. The second kappa shape index (κ2) is 8.31. The molecule has 0 aliphatic carbocycles. The van der Waals surface area contributed by atoms with Crippen molar-refractivity contribution in [3.63, 3.8) is 0 Å². The van der Waals surface area contributed by atoms with Gasteiger partial charge < -0.3 is 15.0 Å². The quantitative estimate of drug-likeness (QED) is 0.871. The lowest BCUT2D eigenvalue weighted by Crippen LogP contribution is -2.34. The molecule has 1 fully saturated rings. The number of nitrogens with zero attached hydrogens (tertiary/aromatic N) is 1. The number of carbonyl (C=O) groups excluding carboxylic acids is 1. The van der Waals surface area contributed by atoms with E-state index in [1.165, 1.54) is 0 Å². The number of rotatable bonds is 4. The molecule has 0 aromatic heterocycles. The molecule has 0 bridgehead atoms. The van der Waals surface area contributed by atoms with Crippen LogP contribution >= 0.6 is 15.9 Å². The number of benzene rings is 2. The lowest BCUT2D eigenvalue weighted by molar-refractivity contribution is 0.0766. The Morgan fingerprint density at radius 2 is 1.88 bits per heavy atom. The molecule has 0 unspecified atom stereocenters. The molecule has 1 aliphatic heterocycles. The molecule has 4 nitrogen and oxygen atoms in total. The maximum atomic E-state index is 12.5. The molecule has 2 aromatic carbocycles. The highest BCUT2D eigenvalue weighted by molar-refractivity contribution is 9.10. The first-order chi connectivity index (χ1) is 11.7. The van der Waals surface area contributed by atoms with E-state index in [1.54, 1.807) is 0 Å². The van der Waals surface area contributed by atoms with Crippen molar-refractivity contribution in [1.82, 2.24) is 10.2 Å². The van der Waals surface area contributed by atoms with Crippen molar-refractivity contribution in [2.24, 2.45) is 0 Å². The molecule has 1 aliphatic rings. The summed E-state index contributed by atoms with van der Waals surface area (Å²) in [4.78, 5) is 14.5. The van der Waals surface area contributed by atoms with Crippen molar-refractivity contribution in [2.75, 3.05) is 26.2 Å². The minimum Gasteiger partial charge on any atom is -0.488 e. The van der Waals surface area contributed by atoms with E-state index in [0.29, 0.717) is 6.61 Å². The molecule has 3 rings (SSSR count). The van der Waals surface area contributed by atoms with Crippen molar-refractivity contribution < 1.29 is 9.53 Å². The highest BCUT2D eigenvalue weighted by Gasteiger charge is 2.16. The van der Waals surface area contributed by atoms with Crippen LogP contribution in [-0.2, 0) is 6.61 Å². The number of ether oxygens (including phenoxy) is 1. The van der Waals surface area contributed by atoms with E-state index in [4.69, 9.17) is 4.74 Å². The minimum absolute atomic E-state index is 0.108. The summed E-state index contributed by atoms with van der Waals surface area (Å²) in [6.45, 7) is 3.91. The maximum Gasteiger partial charge on any atom is 0.253 e. The van der Waals surface area contributed by atoms with Gasteiger partial charge in [-0.3, -0.25) is 4.79 Å². The monoisotopic (exact) mass is 388 g/mol. The fraction of sp³-hybridized carbons (Fsp3) is 0.316. The van der Waals surface area contributed by atoms with Gasteiger partial charge in [0.05, 0.1) is 4.47 Å². The Morgan fingerprint density at radius 1 is 1.08 bits per heavy atom. The zero-order valence-corrected chi connectivity index (χ0v) is 15.1. The number of amides is 1. The van der Waals surface area contributed by atoms with Crippen LogP contribution in [0, 0.1) is 0 Å². The summed E-state index contributed by atoms with van der Waals surface area (Å²) in [7, 11) is 0. The maximum absolute atomic E-state index is 12.5. The Morgan fingerprint density at radius 3 is 2.67 bits per heavy atom. The zero-order valence-electron chi connectivity index (χ0n) is 13.5. The van der Waals surface area contributed by atoms with E-state index < -0.39 is 0 Å². The van der Waals surface area contributed by atoms with Gasteiger partial charge in [0, 0.05) is 25.2 Å². The van der Waals surface area contributed by atoms with Crippen LogP contribution in [0.25, 0.3) is 0 Å². The van der Waals surface area contributed by atoms with Crippen LogP contribution in [0.1, 0.15) is 22.3 Å². The Bertz CT molecular complexity index is 680. The summed E-state index contributed by atoms with van der Waals surface area (Å²) in [5.74, 6) is 0.923. The fourth-order valence-corrected chi connectivity index (χ4v) is 3.10. The average Bonchev–Trinajstić information content (AvgIpc) is 2.90. The van der Waals surface area contributed by atoms with Gasteiger partial charge in [-0.2, -0.15) is 0 Å². The molecule has 2 aromatic rings. The third-order valence-electron chi connectivity index (χ3n) is 4.06. The average molecular weight is 389 g/mol. The van der Waals surface area contributed by atoms with Crippen LogP contribution in [0.4, 0.5) is 0 Å². The summed E-state index contributed by atoms with van der Waals surface area (Å²) in [6.07, 6.45) is 1.00. The number of halogens is 1. The van der Waals surface area contributed by atoms with Gasteiger partial charge in [-0.1, -0.05) is 24.3 Å². The first-order valence-electron chi connectivity index (χ1n) is 8.20. The number of hydrogen-bond donors (Lipinski definition) is 1. The highest BCUT2D eigenvalue weighted by Crippen LogP contribution is 2.24. The van der Waals surface area contributed by atoms with Gasteiger partial charge in [0.25, 0.3) is 5.91 Å². The van der Waals surface area contributed by atoms with Crippen molar-refractivity contribution in [3.8, 4) is 5.75 Å². The number of para-hydroxylation sites is 1. The predicted molar refractivity (Wildman–Crippen MR) is 98.3 cm³/mol. The molecule has 1 heterocycles. The second-order valence-corrected chi connectivity index (χ2v) is 6.67. The van der Waals surface area contributed by atoms with Crippen LogP contribution in [0.15, 0.2) is 53.0 Å². The van der Waals surface area contributed by atoms with Gasteiger partial charge in [-0.15, -0.1) is 0 Å². The Kier molecular flexibility index (Phi) is 5.88. The van der Waals surface area contributed by atoms with E-state index in [9.17, 15) is 4.79 Å². The zero-order chi connectivity index (χ0) is 16.8. The predicted octanol–water partition coefficient (Wildman–Crippen LogP) is 3.46. The molecule has 1 amide bonds. The standard InChI is InChI=1S/C19H21BrN2O2/c20-17-4-1-2-5-18(17)24-14-15-6-8-16(9-7-15)19(23)22-12-3-10-21-11-13-22/h1-2,4-9,21H,3,10-14H2. The molecular weight excluding hydrogens is 368 g/mol. The van der Waals surface area contributed by atoms with E-state index in [2.05, 4.69) is 21.2 Å². The molecule has 0 saturated carbocycles. The van der Waals surface area contributed by atoms with Crippen molar-refractivity contribution in [2.45, 2.75) is 13.0 Å². The lowest BCUT2D eigenvalue weighted by Gasteiger charge is -2.20. The number of nitrogens with one attached hydrogen (secondary N) is 1. The van der Waals surface area contributed by atoms with Gasteiger partial charge in [-0.25, -0.2) is 0 Å². The van der Waals surface area contributed by atoms with E-state index in [-0.39, 0.29) is 5.91 Å². The first kappa shape index (κ1) is 17.0. The van der Waals surface area contributed by atoms with Crippen LogP contribution in [0.3, 0.4) is 0 Å². The summed E-state index contributed by atoms with van der Waals surface area (Å²) >= 11 is 3.47. The van der Waals surface area contributed by atoms with Crippen molar-refractivity contribution in [1.29, 1.82) is 0 Å². The molecule has 0 radical (unpaired) electrons. The Balaban J connectivity index is 1.60. The highest BCUT2D eigenvalue weighted by atomic mass is 79.9. The first-order valence-corrected chi connectivity index (χ1v) is 8.99. The van der Waals surface area contributed by atoms with Crippen LogP contribution < -0.4 is 10.1 Å². The van der Waals surface area contributed by atoms with E-state index >= 15 is 0 Å². The van der Waals surface area contributed by atoms with Gasteiger partial charge in [-0.05, 0) is 58.7 Å². The minimum atomic E-state index is 0.108. The second-order valence-electron chi connectivity index (χ2n) is 5.81. The number of carbonyl (C=O) groups is 1. The largest absolute Gasteiger partial charge is 0.488 e. The Labute approximate surface area is 150 Å². The summed E-state index contributed by atoms with van der Waals surface area (Å²) < 4.78 is 6.74. The molecule has 24 heavy (non-hydrogen) atoms. The summed E-state index contributed by atoms with van der Waals surface area (Å²) in [5, 5.41) is 3.32. The molecule has 0 atom stereocenters. The van der Waals surface area contributed by atoms with Gasteiger partial charge in [0.2, 0.25) is 0 Å².